The molecule has 0 atom stereocenters. The molecule has 0 spiro atoms. The van der Waals surface area contributed by atoms with Gasteiger partial charge in [-0.25, -0.2) is 9.18 Å². The fourth-order valence-corrected chi connectivity index (χ4v) is 5.47. The van der Waals surface area contributed by atoms with Gasteiger partial charge in [0.2, 0.25) is 0 Å². The molecule has 3 heteroatoms. The normalized spacial score (nSPS) is 17.6. The molecule has 1 aliphatic rings. The first-order valence-corrected chi connectivity index (χ1v) is 13.8. The summed E-state index contributed by atoms with van der Waals surface area (Å²) in [5.41, 5.74) is 4.15. The highest BCUT2D eigenvalue weighted by Gasteiger charge is 2.22. The monoisotopic (exact) mass is 486 g/mol. The highest BCUT2D eigenvalue weighted by molar-refractivity contribution is 5.91. The Morgan fingerprint density at radius 3 is 2.22 bits per heavy atom. The lowest BCUT2D eigenvalue weighted by Crippen LogP contribution is -2.13. The third-order valence-electron chi connectivity index (χ3n) is 7.64. The molecule has 3 aromatic rings. The van der Waals surface area contributed by atoms with Gasteiger partial charge in [0.1, 0.15) is 11.6 Å². The summed E-state index contributed by atoms with van der Waals surface area (Å²) >= 11 is 0. The number of halogens is 1. The molecule has 0 aromatic heterocycles. The molecule has 0 aliphatic heterocycles. The van der Waals surface area contributed by atoms with Crippen LogP contribution in [-0.2, 0) is 6.42 Å². The van der Waals surface area contributed by atoms with E-state index in [0.29, 0.717) is 22.8 Å². The third-order valence-corrected chi connectivity index (χ3v) is 7.64. The summed E-state index contributed by atoms with van der Waals surface area (Å²) in [7, 11) is 0. The van der Waals surface area contributed by atoms with Gasteiger partial charge >= 0.3 is 5.97 Å². The van der Waals surface area contributed by atoms with Crippen molar-refractivity contribution in [1.82, 2.24) is 0 Å². The summed E-state index contributed by atoms with van der Waals surface area (Å²) in [4.78, 5) is 12.6. The molecule has 1 fully saturated rings. The van der Waals surface area contributed by atoms with Crippen molar-refractivity contribution in [2.45, 2.75) is 84.0 Å². The van der Waals surface area contributed by atoms with Gasteiger partial charge in [-0.2, -0.15) is 0 Å². The van der Waals surface area contributed by atoms with Gasteiger partial charge in [0, 0.05) is 5.56 Å². The quantitative estimate of drug-likeness (QED) is 0.162. The molecule has 4 rings (SSSR count). The number of rotatable bonds is 10. The van der Waals surface area contributed by atoms with E-state index in [9.17, 15) is 4.79 Å². The standard InChI is InChI=1S/C33H39FO2/c1-3-5-6-8-25-11-20-30(21-12-25)36-33(35)28-17-15-27(16-18-28)31-22-19-29(23-32(31)34)26-13-9-24(7-4-2)10-14-26/h11-12,15-24,26H,3-10,13-14H2,1-2H3/t24-,26-. The van der Waals surface area contributed by atoms with Gasteiger partial charge < -0.3 is 4.74 Å². The first-order valence-electron chi connectivity index (χ1n) is 13.8. The second-order valence-electron chi connectivity index (χ2n) is 10.3. The molecule has 0 saturated heterocycles. The predicted octanol–water partition coefficient (Wildman–Crippen LogP) is 9.52. The van der Waals surface area contributed by atoms with Crippen LogP contribution in [0.3, 0.4) is 0 Å². The summed E-state index contributed by atoms with van der Waals surface area (Å²) in [5.74, 6) is 1.24. The van der Waals surface area contributed by atoms with Gasteiger partial charge in [0.15, 0.2) is 0 Å². The molecule has 0 bridgehead atoms. The van der Waals surface area contributed by atoms with Crippen LogP contribution in [0.1, 0.15) is 99.0 Å². The smallest absolute Gasteiger partial charge is 0.343 e. The Balaban J connectivity index is 1.36. The zero-order chi connectivity index (χ0) is 25.3. The second kappa shape index (κ2) is 12.9. The lowest BCUT2D eigenvalue weighted by Gasteiger charge is -2.28. The molecule has 0 amide bonds. The molecular formula is C33H39FO2. The maximum Gasteiger partial charge on any atom is 0.343 e. The number of esters is 1. The van der Waals surface area contributed by atoms with Crippen LogP contribution < -0.4 is 4.74 Å². The first-order chi connectivity index (χ1) is 17.6. The van der Waals surface area contributed by atoms with Crippen molar-refractivity contribution >= 4 is 5.97 Å². The van der Waals surface area contributed by atoms with E-state index >= 15 is 4.39 Å². The fourth-order valence-electron chi connectivity index (χ4n) is 5.47. The van der Waals surface area contributed by atoms with Crippen molar-refractivity contribution in [3.8, 4) is 16.9 Å². The van der Waals surface area contributed by atoms with Crippen molar-refractivity contribution in [2.24, 2.45) is 5.92 Å². The molecule has 3 aromatic carbocycles. The van der Waals surface area contributed by atoms with Crippen molar-refractivity contribution in [1.29, 1.82) is 0 Å². The first kappa shape index (κ1) is 26.1. The fraction of sp³-hybridized carbons (Fsp3) is 0.424. The van der Waals surface area contributed by atoms with E-state index in [2.05, 4.69) is 19.9 Å². The van der Waals surface area contributed by atoms with E-state index in [1.165, 1.54) is 50.5 Å². The van der Waals surface area contributed by atoms with Gasteiger partial charge in [-0.05, 0) is 97.4 Å². The van der Waals surface area contributed by atoms with Gasteiger partial charge in [-0.3, -0.25) is 0 Å². The lowest BCUT2D eigenvalue weighted by atomic mass is 9.77. The highest BCUT2D eigenvalue weighted by Crippen LogP contribution is 2.38. The van der Waals surface area contributed by atoms with Crippen LogP contribution in [0, 0.1) is 11.7 Å². The van der Waals surface area contributed by atoms with E-state index < -0.39 is 5.97 Å². The Kier molecular flexibility index (Phi) is 9.33. The summed E-state index contributed by atoms with van der Waals surface area (Å²) in [6, 6.07) is 20.4. The van der Waals surface area contributed by atoms with Crippen LogP contribution in [0.25, 0.3) is 11.1 Å². The van der Waals surface area contributed by atoms with Gasteiger partial charge in [0.05, 0.1) is 5.56 Å². The number of hydrogen-bond donors (Lipinski definition) is 0. The zero-order valence-electron chi connectivity index (χ0n) is 21.8. The van der Waals surface area contributed by atoms with E-state index in [1.54, 1.807) is 30.3 Å². The number of unbranched alkanes of at least 4 members (excludes halogenated alkanes) is 2. The van der Waals surface area contributed by atoms with Crippen LogP contribution in [-0.4, -0.2) is 5.97 Å². The molecule has 0 N–H and O–H groups in total. The lowest BCUT2D eigenvalue weighted by molar-refractivity contribution is 0.0734. The Labute approximate surface area is 215 Å². The number of aryl methyl sites for hydroxylation is 1. The number of carbonyl (C=O) groups excluding carboxylic acids is 1. The van der Waals surface area contributed by atoms with Crippen molar-refractivity contribution in [3.05, 3.63) is 89.2 Å². The number of benzene rings is 3. The number of carbonyl (C=O) groups is 1. The Morgan fingerprint density at radius 2 is 1.58 bits per heavy atom. The molecule has 0 unspecified atom stereocenters. The van der Waals surface area contributed by atoms with Crippen LogP contribution in [0.15, 0.2) is 66.7 Å². The minimum atomic E-state index is -0.408. The number of ether oxygens (including phenoxy) is 1. The van der Waals surface area contributed by atoms with Crippen molar-refractivity contribution in [3.63, 3.8) is 0 Å². The summed E-state index contributed by atoms with van der Waals surface area (Å²) < 4.78 is 20.6. The summed E-state index contributed by atoms with van der Waals surface area (Å²) in [6.45, 7) is 4.45. The molecule has 1 saturated carbocycles. The zero-order valence-corrected chi connectivity index (χ0v) is 21.8. The highest BCUT2D eigenvalue weighted by atomic mass is 19.1. The molecule has 2 nitrogen and oxygen atoms in total. The topological polar surface area (TPSA) is 26.3 Å². The van der Waals surface area contributed by atoms with Crippen LogP contribution in [0.2, 0.25) is 0 Å². The van der Waals surface area contributed by atoms with Crippen LogP contribution in [0.4, 0.5) is 4.39 Å². The van der Waals surface area contributed by atoms with E-state index in [1.807, 2.05) is 30.3 Å². The maximum atomic E-state index is 15.1. The van der Waals surface area contributed by atoms with Gasteiger partial charge in [0.25, 0.3) is 0 Å². The SMILES string of the molecule is CCCCCc1ccc(OC(=O)c2ccc(-c3ccc([C@H]4CC[C@H](CCC)CC4)cc3F)cc2)cc1. The minimum Gasteiger partial charge on any atom is -0.423 e. The average Bonchev–Trinajstić information content (AvgIpc) is 2.90. The largest absolute Gasteiger partial charge is 0.423 e. The third kappa shape index (κ3) is 6.84. The van der Waals surface area contributed by atoms with Gasteiger partial charge in [-0.1, -0.05) is 75.9 Å². The van der Waals surface area contributed by atoms with Crippen LogP contribution in [0.5, 0.6) is 5.75 Å². The molecular weight excluding hydrogens is 447 g/mol. The van der Waals surface area contributed by atoms with Crippen LogP contribution >= 0.6 is 0 Å². The Morgan fingerprint density at radius 1 is 0.861 bits per heavy atom. The van der Waals surface area contributed by atoms with E-state index in [4.69, 9.17) is 4.74 Å². The second-order valence-corrected chi connectivity index (χ2v) is 10.3. The maximum absolute atomic E-state index is 15.1. The summed E-state index contributed by atoms with van der Waals surface area (Å²) in [5, 5.41) is 0. The Bertz CT molecular complexity index is 1110. The molecule has 190 valence electrons. The molecule has 0 heterocycles. The van der Waals surface area contributed by atoms with Gasteiger partial charge in [-0.15, -0.1) is 0 Å². The molecule has 0 radical (unpaired) electrons. The minimum absolute atomic E-state index is 0.197. The van der Waals surface area contributed by atoms with E-state index in [0.717, 1.165) is 36.3 Å². The number of hydrogen-bond acceptors (Lipinski definition) is 2. The van der Waals surface area contributed by atoms with Crippen molar-refractivity contribution in [2.75, 3.05) is 0 Å². The average molecular weight is 487 g/mol. The summed E-state index contributed by atoms with van der Waals surface area (Å²) in [6.07, 6.45) is 12.0. The molecule has 1 aliphatic carbocycles. The molecule has 36 heavy (non-hydrogen) atoms. The Hall–Kier alpha value is -2.94. The van der Waals surface area contributed by atoms with Crippen molar-refractivity contribution < 1.29 is 13.9 Å². The predicted molar refractivity (Wildman–Crippen MR) is 146 cm³/mol. The van der Waals surface area contributed by atoms with E-state index in [-0.39, 0.29) is 5.82 Å².